The molecule has 0 atom stereocenters. The fourth-order valence-electron chi connectivity index (χ4n) is 1.63. The molecule has 0 radical (unpaired) electrons. The van der Waals surface area contributed by atoms with Crippen molar-refractivity contribution >= 4 is 0 Å². The lowest BCUT2D eigenvalue weighted by molar-refractivity contribution is 0.199. The van der Waals surface area contributed by atoms with Gasteiger partial charge in [0.15, 0.2) is 5.82 Å². The predicted molar refractivity (Wildman–Crippen MR) is 69.3 cm³/mol. The van der Waals surface area contributed by atoms with E-state index in [0.717, 1.165) is 23.8 Å². The van der Waals surface area contributed by atoms with Gasteiger partial charge in [0, 0.05) is 19.7 Å². The number of hydrogen-bond donors (Lipinski definition) is 1. The number of benzene rings is 1. The van der Waals surface area contributed by atoms with Gasteiger partial charge in [0.1, 0.15) is 5.75 Å². The Labute approximate surface area is 111 Å². The van der Waals surface area contributed by atoms with E-state index in [1.807, 2.05) is 24.3 Å². The molecule has 0 aliphatic heterocycles. The van der Waals surface area contributed by atoms with Crippen LogP contribution in [0.15, 0.2) is 24.3 Å². The highest BCUT2D eigenvalue weighted by atomic mass is 16.5. The van der Waals surface area contributed by atoms with E-state index < -0.39 is 0 Å². The third-order valence-electron chi connectivity index (χ3n) is 2.60. The zero-order valence-electron chi connectivity index (χ0n) is 11.0. The minimum Gasteiger partial charge on any atom is -0.497 e. The van der Waals surface area contributed by atoms with Crippen molar-refractivity contribution in [1.82, 2.24) is 25.5 Å². The van der Waals surface area contributed by atoms with E-state index in [4.69, 9.17) is 9.47 Å². The van der Waals surface area contributed by atoms with Crippen molar-refractivity contribution in [2.75, 3.05) is 27.4 Å². The average molecular weight is 263 g/mol. The number of nitrogens with zero attached hydrogens (tertiary/aromatic N) is 4. The Balaban J connectivity index is 2.09. The smallest absolute Gasteiger partial charge is 0.170 e. The van der Waals surface area contributed by atoms with Gasteiger partial charge in [-0.15, -0.1) is 5.10 Å². The first-order valence-corrected chi connectivity index (χ1v) is 5.96. The van der Waals surface area contributed by atoms with Crippen LogP contribution in [-0.2, 0) is 11.3 Å². The zero-order valence-corrected chi connectivity index (χ0v) is 11.0. The summed E-state index contributed by atoms with van der Waals surface area (Å²) in [5, 5.41) is 14.9. The van der Waals surface area contributed by atoms with Crippen molar-refractivity contribution in [3.63, 3.8) is 0 Å². The highest BCUT2D eigenvalue weighted by molar-refractivity contribution is 5.38. The minimum atomic E-state index is 0.577. The van der Waals surface area contributed by atoms with E-state index in [-0.39, 0.29) is 0 Å². The van der Waals surface area contributed by atoms with E-state index in [1.165, 1.54) is 0 Å². The summed E-state index contributed by atoms with van der Waals surface area (Å²) in [5.74, 6) is 1.51. The Kier molecular flexibility index (Phi) is 4.82. The number of tetrazole rings is 1. The van der Waals surface area contributed by atoms with Crippen LogP contribution >= 0.6 is 0 Å². The van der Waals surface area contributed by atoms with Gasteiger partial charge in [-0.05, 0) is 22.6 Å². The molecule has 1 aromatic heterocycles. The molecule has 1 N–H and O–H groups in total. The van der Waals surface area contributed by atoms with Gasteiger partial charge >= 0.3 is 0 Å². The van der Waals surface area contributed by atoms with Crippen LogP contribution in [0.5, 0.6) is 5.75 Å². The van der Waals surface area contributed by atoms with Crippen molar-refractivity contribution < 1.29 is 9.47 Å². The summed E-state index contributed by atoms with van der Waals surface area (Å²) in [4.78, 5) is 0. The maximum absolute atomic E-state index is 5.19. The van der Waals surface area contributed by atoms with Crippen molar-refractivity contribution in [1.29, 1.82) is 0 Å². The normalized spacial score (nSPS) is 10.6. The van der Waals surface area contributed by atoms with E-state index in [1.54, 1.807) is 18.9 Å². The molecule has 19 heavy (non-hydrogen) atoms. The second-order valence-electron chi connectivity index (χ2n) is 3.88. The van der Waals surface area contributed by atoms with Crippen molar-refractivity contribution in [3.8, 4) is 11.4 Å². The fourth-order valence-corrected chi connectivity index (χ4v) is 1.63. The van der Waals surface area contributed by atoms with E-state index in [9.17, 15) is 0 Å². The van der Waals surface area contributed by atoms with Gasteiger partial charge in [-0.1, -0.05) is 6.07 Å². The molecule has 1 heterocycles. The van der Waals surface area contributed by atoms with E-state index in [2.05, 4.69) is 20.8 Å². The lowest BCUT2D eigenvalue weighted by Crippen LogP contribution is -2.21. The van der Waals surface area contributed by atoms with Crippen LogP contribution in [0.3, 0.4) is 0 Å². The molecule has 0 saturated heterocycles. The Bertz CT molecular complexity index is 514. The molecule has 0 bridgehead atoms. The first-order valence-electron chi connectivity index (χ1n) is 5.96. The number of nitrogens with one attached hydrogen (secondary N) is 1. The lowest BCUT2D eigenvalue weighted by Gasteiger charge is -2.07. The first kappa shape index (κ1) is 13.4. The van der Waals surface area contributed by atoms with Gasteiger partial charge in [-0.3, -0.25) is 0 Å². The fraction of sp³-hybridized carbons (Fsp3) is 0.417. The van der Waals surface area contributed by atoms with Gasteiger partial charge < -0.3 is 14.8 Å². The monoisotopic (exact) mass is 263 g/mol. The quantitative estimate of drug-likeness (QED) is 0.729. The van der Waals surface area contributed by atoms with Gasteiger partial charge in [0.2, 0.25) is 0 Å². The minimum absolute atomic E-state index is 0.577. The second kappa shape index (κ2) is 6.81. The van der Waals surface area contributed by atoms with Crippen molar-refractivity contribution in [2.45, 2.75) is 6.54 Å². The Morgan fingerprint density at radius 1 is 1.32 bits per heavy atom. The molecular weight excluding hydrogens is 246 g/mol. The third-order valence-corrected chi connectivity index (χ3v) is 2.60. The Hall–Kier alpha value is -1.99. The molecule has 1 aromatic carbocycles. The molecule has 2 aromatic rings. The topological polar surface area (TPSA) is 74.1 Å². The molecule has 0 unspecified atom stereocenters. The van der Waals surface area contributed by atoms with Gasteiger partial charge in [0.05, 0.1) is 25.9 Å². The molecule has 102 valence electrons. The molecule has 0 aliphatic rings. The highest BCUT2D eigenvalue weighted by Gasteiger charge is 2.08. The van der Waals surface area contributed by atoms with E-state index in [0.29, 0.717) is 13.2 Å². The van der Waals surface area contributed by atoms with Crippen molar-refractivity contribution in [3.05, 3.63) is 30.1 Å². The summed E-state index contributed by atoms with van der Waals surface area (Å²) >= 11 is 0. The van der Waals surface area contributed by atoms with Crippen LogP contribution in [-0.4, -0.2) is 47.6 Å². The SMILES string of the molecule is COCCNCc1nnnn1-c1cccc(OC)c1. The Morgan fingerprint density at radius 3 is 3.00 bits per heavy atom. The first-order chi connectivity index (χ1) is 9.35. The molecule has 0 saturated carbocycles. The zero-order chi connectivity index (χ0) is 13.5. The maximum Gasteiger partial charge on any atom is 0.170 e. The van der Waals surface area contributed by atoms with Crippen LogP contribution in [0, 0.1) is 0 Å². The highest BCUT2D eigenvalue weighted by Crippen LogP contribution is 2.16. The van der Waals surface area contributed by atoms with Gasteiger partial charge in [-0.2, -0.15) is 4.68 Å². The lowest BCUT2D eigenvalue weighted by atomic mass is 10.3. The average Bonchev–Trinajstić information content (AvgIpc) is 2.92. The Morgan fingerprint density at radius 2 is 2.21 bits per heavy atom. The van der Waals surface area contributed by atoms with Crippen LogP contribution in [0.25, 0.3) is 5.69 Å². The van der Waals surface area contributed by atoms with Crippen LogP contribution in [0.2, 0.25) is 0 Å². The maximum atomic E-state index is 5.19. The molecule has 2 rings (SSSR count). The standard InChI is InChI=1S/C12H17N5O2/c1-18-7-6-13-9-12-14-15-16-17(12)10-4-3-5-11(8-10)19-2/h3-5,8,13H,6-7,9H2,1-2H3. The largest absolute Gasteiger partial charge is 0.497 e. The van der Waals surface area contributed by atoms with E-state index >= 15 is 0 Å². The summed E-state index contributed by atoms with van der Waals surface area (Å²) < 4.78 is 11.8. The molecule has 0 amide bonds. The molecule has 0 fully saturated rings. The van der Waals surface area contributed by atoms with Crippen LogP contribution in [0.1, 0.15) is 5.82 Å². The molecule has 0 aliphatic carbocycles. The number of aromatic nitrogens is 4. The second-order valence-corrected chi connectivity index (χ2v) is 3.88. The van der Waals surface area contributed by atoms with Crippen LogP contribution < -0.4 is 10.1 Å². The number of ether oxygens (including phenoxy) is 2. The number of hydrogen-bond acceptors (Lipinski definition) is 6. The molecular formula is C12H17N5O2. The predicted octanol–water partition coefficient (Wildman–Crippen LogP) is 0.407. The van der Waals surface area contributed by atoms with Gasteiger partial charge in [-0.25, -0.2) is 0 Å². The number of rotatable bonds is 7. The summed E-state index contributed by atoms with van der Waals surface area (Å²) in [6.45, 7) is 1.98. The summed E-state index contributed by atoms with van der Waals surface area (Å²) in [5.41, 5.74) is 0.868. The summed E-state index contributed by atoms with van der Waals surface area (Å²) in [6.07, 6.45) is 0. The number of methoxy groups -OCH3 is 2. The molecule has 7 heteroatoms. The van der Waals surface area contributed by atoms with Crippen LogP contribution in [0.4, 0.5) is 0 Å². The third kappa shape index (κ3) is 3.49. The summed E-state index contributed by atoms with van der Waals surface area (Å²) in [7, 11) is 3.30. The van der Waals surface area contributed by atoms with Gasteiger partial charge in [0.25, 0.3) is 0 Å². The molecule has 0 spiro atoms. The summed E-state index contributed by atoms with van der Waals surface area (Å²) in [6, 6.07) is 7.59. The van der Waals surface area contributed by atoms with Crippen molar-refractivity contribution in [2.24, 2.45) is 0 Å². The molecule has 7 nitrogen and oxygen atoms in total.